The Bertz CT molecular complexity index is 585. The molecule has 1 N–H and O–H groups in total. The largest absolute Gasteiger partial charge is 0.505 e. The number of anilines is 1. The van der Waals surface area contributed by atoms with Crippen molar-refractivity contribution in [1.29, 1.82) is 0 Å². The van der Waals surface area contributed by atoms with Crippen molar-refractivity contribution in [2.45, 2.75) is 25.5 Å². The predicted molar refractivity (Wildman–Crippen MR) is 77.1 cm³/mol. The van der Waals surface area contributed by atoms with E-state index in [0.29, 0.717) is 12.2 Å². The second kappa shape index (κ2) is 5.66. The molecule has 0 saturated carbocycles. The normalized spacial score (nSPS) is 18.4. The molecule has 6 heteroatoms. The summed E-state index contributed by atoms with van der Waals surface area (Å²) in [7, 11) is 0. The van der Waals surface area contributed by atoms with E-state index < -0.39 is 0 Å². The van der Waals surface area contributed by atoms with E-state index in [-0.39, 0.29) is 39.8 Å². The molecule has 2 rings (SSSR count). The van der Waals surface area contributed by atoms with Crippen molar-refractivity contribution in [2.24, 2.45) is 0 Å². The quantitative estimate of drug-likeness (QED) is 0.863. The number of hydrogen-bond acceptors (Lipinski definition) is 5. The lowest BCUT2D eigenvalue weighted by Gasteiger charge is -2.18. The minimum atomic E-state index is -0.259. The molecule has 1 saturated heterocycles. The highest BCUT2D eigenvalue weighted by Gasteiger charge is 2.33. The van der Waals surface area contributed by atoms with Crippen molar-refractivity contribution in [3.05, 3.63) is 23.8 Å². The highest BCUT2D eigenvalue weighted by atomic mass is 32.2. The maximum absolute atomic E-state index is 12.0. The minimum absolute atomic E-state index is 0.0358. The first kappa shape index (κ1) is 14.6. The molecule has 1 atom stereocenters. The zero-order valence-electron chi connectivity index (χ0n) is 11.3. The van der Waals surface area contributed by atoms with Crippen molar-refractivity contribution in [3.63, 3.8) is 0 Å². The van der Waals surface area contributed by atoms with Crippen LogP contribution < -0.4 is 4.90 Å². The Morgan fingerprint density at radius 2 is 2.05 bits per heavy atom. The summed E-state index contributed by atoms with van der Waals surface area (Å²) < 4.78 is 0. The lowest BCUT2D eigenvalue weighted by molar-refractivity contribution is -0.117. The number of carbonyl (C=O) groups is 3. The zero-order chi connectivity index (χ0) is 14.9. The number of Topliss-reactive ketones (excluding diaryl/α,β-unsaturated/α-hetero) is 1. The second-order valence-electron chi connectivity index (χ2n) is 4.67. The van der Waals surface area contributed by atoms with E-state index in [2.05, 4.69) is 0 Å². The number of carbonyl (C=O) groups excluding carboxylic acids is 3. The van der Waals surface area contributed by atoms with Gasteiger partial charge in [0.25, 0.3) is 0 Å². The van der Waals surface area contributed by atoms with Crippen LogP contribution in [-0.2, 0) is 9.59 Å². The highest BCUT2D eigenvalue weighted by molar-refractivity contribution is 8.14. The summed E-state index contributed by atoms with van der Waals surface area (Å²) in [6.07, 6.45) is 0.258. The van der Waals surface area contributed by atoms with Gasteiger partial charge in [-0.3, -0.25) is 14.4 Å². The van der Waals surface area contributed by atoms with Gasteiger partial charge in [-0.2, -0.15) is 0 Å². The third-order valence-corrected chi connectivity index (χ3v) is 4.09. The number of phenols is 1. The molecule has 1 heterocycles. The van der Waals surface area contributed by atoms with Gasteiger partial charge in [-0.15, -0.1) is 0 Å². The molecule has 106 valence electrons. The van der Waals surface area contributed by atoms with Crippen LogP contribution in [0.25, 0.3) is 0 Å². The molecule has 0 spiro atoms. The van der Waals surface area contributed by atoms with Crippen molar-refractivity contribution >= 4 is 34.3 Å². The summed E-state index contributed by atoms with van der Waals surface area (Å²) in [6.45, 7) is 3.18. The lowest BCUT2D eigenvalue weighted by atomic mass is 10.1. The second-order valence-corrected chi connectivity index (χ2v) is 6.15. The first-order valence-corrected chi connectivity index (χ1v) is 7.08. The van der Waals surface area contributed by atoms with Crippen molar-refractivity contribution in [3.8, 4) is 5.75 Å². The molecule has 5 nitrogen and oxygen atoms in total. The van der Waals surface area contributed by atoms with E-state index in [0.717, 1.165) is 11.8 Å². The van der Waals surface area contributed by atoms with Gasteiger partial charge >= 0.3 is 0 Å². The minimum Gasteiger partial charge on any atom is -0.505 e. The Labute approximate surface area is 121 Å². The highest BCUT2D eigenvalue weighted by Crippen LogP contribution is 2.36. The van der Waals surface area contributed by atoms with Crippen molar-refractivity contribution in [2.75, 3.05) is 11.4 Å². The first-order chi connectivity index (χ1) is 9.40. The molecule has 1 fully saturated rings. The van der Waals surface area contributed by atoms with Gasteiger partial charge in [0.2, 0.25) is 5.91 Å². The number of hydrogen-bond donors (Lipinski definition) is 1. The molecule has 1 aliphatic rings. The number of amides is 1. The molecule has 0 bridgehead atoms. The molecule has 1 amide bonds. The standard InChI is InChI=1S/C14H15NO4S/c1-8(16)11-4-3-5-12(14(11)19)15-7-10(6-13(15)18)20-9(2)17/h3-5,10,19H,6-7H2,1-2H3. The zero-order valence-corrected chi connectivity index (χ0v) is 12.1. The van der Waals surface area contributed by atoms with Crippen LogP contribution in [0.3, 0.4) is 0 Å². The van der Waals surface area contributed by atoms with Crippen LogP contribution in [0.2, 0.25) is 0 Å². The maximum Gasteiger partial charge on any atom is 0.228 e. The van der Waals surface area contributed by atoms with Crippen LogP contribution in [0.15, 0.2) is 18.2 Å². The van der Waals surface area contributed by atoms with Crippen LogP contribution >= 0.6 is 11.8 Å². The van der Waals surface area contributed by atoms with Crippen molar-refractivity contribution < 1.29 is 19.5 Å². The fourth-order valence-corrected chi connectivity index (χ4v) is 3.17. The predicted octanol–water partition coefficient (Wildman–Crippen LogP) is 1.98. The number of thioether (sulfide) groups is 1. The molecule has 20 heavy (non-hydrogen) atoms. The van der Waals surface area contributed by atoms with E-state index in [1.807, 2.05) is 0 Å². The Kier molecular flexibility index (Phi) is 4.13. The number of aromatic hydroxyl groups is 1. The third-order valence-electron chi connectivity index (χ3n) is 3.11. The topological polar surface area (TPSA) is 74.7 Å². The van der Waals surface area contributed by atoms with E-state index >= 15 is 0 Å². The van der Waals surface area contributed by atoms with Crippen LogP contribution in [0.5, 0.6) is 5.75 Å². The summed E-state index contributed by atoms with van der Waals surface area (Å²) in [5.74, 6) is -0.591. The molecular formula is C14H15NO4S. The summed E-state index contributed by atoms with van der Waals surface area (Å²) in [6, 6.07) is 4.74. The van der Waals surface area contributed by atoms with Crippen LogP contribution in [0.1, 0.15) is 30.6 Å². The molecule has 0 radical (unpaired) electrons. The summed E-state index contributed by atoms with van der Waals surface area (Å²) in [5, 5.41) is 9.97. The number of benzene rings is 1. The van der Waals surface area contributed by atoms with Crippen LogP contribution in [-0.4, -0.2) is 33.7 Å². The monoisotopic (exact) mass is 293 g/mol. The number of rotatable bonds is 3. The lowest BCUT2D eigenvalue weighted by Crippen LogP contribution is -2.25. The van der Waals surface area contributed by atoms with Crippen LogP contribution in [0, 0.1) is 0 Å². The fourth-order valence-electron chi connectivity index (χ4n) is 2.25. The Hall–Kier alpha value is -1.82. The molecule has 1 aromatic carbocycles. The van der Waals surface area contributed by atoms with Gasteiger partial charge in [-0.1, -0.05) is 17.8 Å². The number of para-hydroxylation sites is 1. The molecule has 0 aliphatic carbocycles. The summed E-state index contributed by atoms with van der Waals surface area (Å²) >= 11 is 1.13. The number of nitrogens with zero attached hydrogens (tertiary/aromatic N) is 1. The molecule has 1 unspecified atom stereocenters. The molecule has 1 aromatic rings. The van der Waals surface area contributed by atoms with Crippen molar-refractivity contribution in [1.82, 2.24) is 0 Å². The van der Waals surface area contributed by atoms with Gasteiger partial charge in [0.1, 0.15) is 5.75 Å². The molecule has 1 aliphatic heterocycles. The van der Waals surface area contributed by atoms with Gasteiger partial charge in [-0.25, -0.2) is 0 Å². The first-order valence-electron chi connectivity index (χ1n) is 6.20. The number of ketones is 1. The average molecular weight is 293 g/mol. The fraction of sp³-hybridized carbons (Fsp3) is 0.357. The van der Waals surface area contributed by atoms with E-state index in [4.69, 9.17) is 0 Å². The number of phenolic OH excluding ortho intramolecular Hbond substituents is 1. The van der Waals surface area contributed by atoms with E-state index in [9.17, 15) is 19.5 Å². The Morgan fingerprint density at radius 3 is 2.65 bits per heavy atom. The van der Waals surface area contributed by atoms with E-state index in [1.165, 1.54) is 24.8 Å². The molecular weight excluding hydrogens is 278 g/mol. The summed E-state index contributed by atoms with van der Waals surface area (Å²) in [4.78, 5) is 35.9. The Morgan fingerprint density at radius 1 is 1.35 bits per heavy atom. The maximum atomic E-state index is 12.0. The smallest absolute Gasteiger partial charge is 0.228 e. The average Bonchev–Trinajstić information content (AvgIpc) is 2.69. The Balaban J connectivity index is 2.28. The van der Waals surface area contributed by atoms with Crippen LogP contribution in [0.4, 0.5) is 5.69 Å². The van der Waals surface area contributed by atoms with E-state index in [1.54, 1.807) is 12.1 Å². The van der Waals surface area contributed by atoms with Gasteiger partial charge in [-0.05, 0) is 19.1 Å². The van der Waals surface area contributed by atoms with Gasteiger partial charge in [0.05, 0.1) is 11.3 Å². The van der Waals surface area contributed by atoms with Gasteiger partial charge < -0.3 is 10.0 Å². The van der Waals surface area contributed by atoms with Gasteiger partial charge in [0, 0.05) is 25.1 Å². The summed E-state index contributed by atoms with van der Waals surface area (Å²) in [5.41, 5.74) is 0.521. The van der Waals surface area contributed by atoms with Gasteiger partial charge in [0.15, 0.2) is 10.9 Å². The molecule has 0 aromatic heterocycles. The SMILES string of the molecule is CC(=O)SC1CC(=O)N(c2cccc(C(C)=O)c2O)C1. The third kappa shape index (κ3) is 2.85.